The van der Waals surface area contributed by atoms with Gasteiger partial charge < -0.3 is 0 Å². The second kappa shape index (κ2) is 2.52. The van der Waals surface area contributed by atoms with Gasteiger partial charge in [-0.1, -0.05) is 0 Å². The maximum atomic E-state index is 5.58. The summed E-state index contributed by atoms with van der Waals surface area (Å²) in [4.78, 5) is 3.83. The van der Waals surface area contributed by atoms with E-state index in [2.05, 4.69) is 21.8 Å². The Labute approximate surface area is 61.6 Å². The molecular formula is C5H3AsClN. The molecule has 40 valence electrons. The van der Waals surface area contributed by atoms with Gasteiger partial charge in [-0.25, -0.2) is 0 Å². The number of hydrogen-bond donors (Lipinski definition) is 0. The number of halogens is 1. The summed E-state index contributed by atoms with van der Waals surface area (Å²) in [6, 6.07) is 3.74. The van der Waals surface area contributed by atoms with Crippen molar-refractivity contribution < 1.29 is 0 Å². The SMILES string of the molecule is Clc1ncccc1[As]. The molecule has 0 aromatic carbocycles. The van der Waals surface area contributed by atoms with Crippen LogP contribution in [0.4, 0.5) is 0 Å². The molecule has 1 heterocycles. The second-order valence-corrected chi connectivity index (χ2v) is 2.68. The van der Waals surface area contributed by atoms with E-state index < -0.39 is 0 Å². The zero-order valence-electron chi connectivity index (χ0n) is 4.00. The van der Waals surface area contributed by atoms with Crippen LogP contribution in [-0.4, -0.2) is 21.8 Å². The average molecular weight is 187 g/mol. The van der Waals surface area contributed by atoms with Crippen molar-refractivity contribution in [2.75, 3.05) is 0 Å². The van der Waals surface area contributed by atoms with Crippen molar-refractivity contribution in [3.8, 4) is 0 Å². The van der Waals surface area contributed by atoms with E-state index >= 15 is 0 Å². The van der Waals surface area contributed by atoms with Crippen LogP contribution in [0.25, 0.3) is 0 Å². The Morgan fingerprint density at radius 2 is 2.38 bits per heavy atom. The number of pyridine rings is 1. The van der Waals surface area contributed by atoms with Crippen LogP contribution < -0.4 is 4.35 Å². The fourth-order valence-corrected chi connectivity index (χ4v) is 0.799. The summed E-state index contributed by atoms with van der Waals surface area (Å²) in [5.41, 5.74) is 0. The molecule has 2 radical (unpaired) electrons. The average Bonchev–Trinajstić information content (AvgIpc) is 1.77. The predicted molar refractivity (Wildman–Crippen MR) is 34.6 cm³/mol. The van der Waals surface area contributed by atoms with Crippen molar-refractivity contribution in [2.24, 2.45) is 0 Å². The van der Waals surface area contributed by atoms with Gasteiger partial charge in [0.25, 0.3) is 0 Å². The summed E-state index contributed by atoms with van der Waals surface area (Å²) in [5, 5.41) is 0.563. The van der Waals surface area contributed by atoms with Crippen molar-refractivity contribution in [3.05, 3.63) is 23.5 Å². The Balaban J connectivity index is 3.13. The molecule has 1 aromatic heterocycles. The third kappa shape index (κ3) is 1.24. The zero-order chi connectivity index (χ0) is 5.98. The fourth-order valence-electron chi connectivity index (χ4n) is 0.378. The maximum absolute atomic E-state index is 5.58. The van der Waals surface area contributed by atoms with Gasteiger partial charge in [-0.15, -0.1) is 0 Å². The van der Waals surface area contributed by atoms with Gasteiger partial charge in [0.05, 0.1) is 0 Å². The van der Waals surface area contributed by atoms with Crippen molar-refractivity contribution in [2.45, 2.75) is 0 Å². The van der Waals surface area contributed by atoms with Crippen LogP contribution in [0.1, 0.15) is 0 Å². The van der Waals surface area contributed by atoms with E-state index in [1.165, 1.54) is 0 Å². The number of hydrogen-bond acceptors (Lipinski definition) is 1. The first-order valence-corrected chi connectivity index (χ1v) is 3.42. The Morgan fingerprint density at radius 3 is 2.75 bits per heavy atom. The van der Waals surface area contributed by atoms with Gasteiger partial charge in [0.15, 0.2) is 0 Å². The third-order valence-corrected chi connectivity index (χ3v) is 2.09. The van der Waals surface area contributed by atoms with E-state index in [9.17, 15) is 0 Å². The Bertz CT molecular complexity index is 169. The molecule has 8 heavy (non-hydrogen) atoms. The first kappa shape index (κ1) is 6.12. The van der Waals surface area contributed by atoms with Crippen molar-refractivity contribution in [1.29, 1.82) is 0 Å². The second-order valence-electron chi connectivity index (χ2n) is 1.31. The Hall–Kier alpha value is -0.00156. The topological polar surface area (TPSA) is 12.9 Å². The molecule has 1 nitrogen and oxygen atoms in total. The summed E-state index contributed by atoms with van der Waals surface area (Å²) in [6.45, 7) is 0. The van der Waals surface area contributed by atoms with E-state index in [0.29, 0.717) is 5.15 Å². The Morgan fingerprint density at radius 1 is 1.62 bits per heavy atom. The number of nitrogens with zero attached hydrogens (tertiary/aromatic N) is 1. The van der Waals surface area contributed by atoms with Crippen LogP contribution in [0, 0.1) is 0 Å². The number of rotatable bonds is 0. The minimum absolute atomic E-state index is 0.563. The van der Waals surface area contributed by atoms with Crippen molar-refractivity contribution in [1.82, 2.24) is 4.98 Å². The summed E-state index contributed by atoms with van der Waals surface area (Å²) in [6.07, 6.45) is 1.67. The molecule has 0 amide bonds. The molecule has 0 aliphatic carbocycles. The third-order valence-electron chi connectivity index (χ3n) is 0.739. The molecule has 1 aromatic rings. The molecule has 0 atom stereocenters. The molecule has 0 bridgehead atoms. The van der Waals surface area contributed by atoms with Crippen LogP contribution in [-0.2, 0) is 0 Å². The van der Waals surface area contributed by atoms with Crippen LogP contribution in [0.15, 0.2) is 18.3 Å². The van der Waals surface area contributed by atoms with E-state index in [1.807, 2.05) is 12.1 Å². The molecule has 0 fully saturated rings. The van der Waals surface area contributed by atoms with Crippen LogP contribution in [0.5, 0.6) is 0 Å². The number of aromatic nitrogens is 1. The summed E-state index contributed by atoms with van der Waals surface area (Å²) >= 11 is 7.93. The molecule has 0 spiro atoms. The summed E-state index contributed by atoms with van der Waals surface area (Å²) in [5.74, 6) is 0. The molecule has 0 aliphatic heterocycles. The van der Waals surface area contributed by atoms with Gasteiger partial charge in [0, 0.05) is 0 Å². The first-order chi connectivity index (χ1) is 3.80. The van der Waals surface area contributed by atoms with Gasteiger partial charge in [0.1, 0.15) is 0 Å². The molecule has 3 heteroatoms. The normalized spacial score (nSPS) is 9.25. The van der Waals surface area contributed by atoms with Crippen molar-refractivity contribution in [3.63, 3.8) is 0 Å². The molecule has 0 saturated heterocycles. The Kier molecular flexibility index (Phi) is 1.93. The first-order valence-electron chi connectivity index (χ1n) is 2.10. The minimum atomic E-state index is 0.563. The van der Waals surface area contributed by atoms with E-state index in [-0.39, 0.29) is 0 Å². The van der Waals surface area contributed by atoms with Gasteiger partial charge in [-0.3, -0.25) is 0 Å². The molecular weight excluding hydrogens is 184 g/mol. The van der Waals surface area contributed by atoms with Crippen LogP contribution >= 0.6 is 11.6 Å². The van der Waals surface area contributed by atoms with Gasteiger partial charge in [-0.05, 0) is 0 Å². The molecule has 0 aliphatic rings. The van der Waals surface area contributed by atoms with Gasteiger partial charge >= 0.3 is 61.3 Å². The van der Waals surface area contributed by atoms with E-state index in [4.69, 9.17) is 11.6 Å². The summed E-state index contributed by atoms with van der Waals surface area (Å²) < 4.78 is 0.960. The van der Waals surface area contributed by atoms with Crippen LogP contribution in [0.2, 0.25) is 5.15 Å². The molecule has 0 saturated carbocycles. The summed E-state index contributed by atoms with van der Waals surface area (Å²) in [7, 11) is 0. The van der Waals surface area contributed by atoms with Crippen molar-refractivity contribution >= 4 is 32.8 Å². The molecule has 0 unspecified atom stereocenters. The van der Waals surface area contributed by atoms with E-state index in [0.717, 1.165) is 4.35 Å². The standard InChI is InChI=1S/C5H3AsClN/c6-4-2-1-3-8-5(4)7/h1-3H. The van der Waals surface area contributed by atoms with E-state index in [1.54, 1.807) is 6.20 Å². The van der Waals surface area contributed by atoms with Gasteiger partial charge in [0.2, 0.25) is 0 Å². The zero-order valence-corrected chi connectivity index (χ0v) is 6.64. The molecule has 0 N–H and O–H groups in total. The van der Waals surface area contributed by atoms with Gasteiger partial charge in [-0.2, -0.15) is 0 Å². The molecule has 1 rings (SSSR count). The quantitative estimate of drug-likeness (QED) is 0.426. The fraction of sp³-hybridized carbons (Fsp3) is 0. The predicted octanol–water partition coefficient (Wildman–Crippen LogP) is 0.529. The monoisotopic (exact) mass is 187 g/mol. The van der Waals surface area contributed by atoms with Crippen LogP contribution in [0.3, 0.4) is 0 Å².